The van der Waals surface area contributed by atoms with Crippen molar-refractivity contribution in [3.63, 3.8) is 0 Å². The van der Waals surface area contributed by atoms with Gasteiger partial charge in [0, 0.05) is 38.2 Å². The molecule has 0 radical (unpaired) electrons. The summed E-state index contributed by atoms with van der Waals surface area (Å²) in [6, 6.07) is 6.33. The highest BCUT2D eigenvalue weighted by Gasteiger charge is 2.29. The van der Waals surface area contributed by atoms with Crippen molar-refractivity contribution in [3.05, 3.63) is 24.3 Å². The molecule has 8 heteroatoms. The third kappa shape index (κ3) is 5.01. The monoisotopic (exact) mass is 355 g/mol. The molecule has 1 aliphatic rings. The summed E-state index contributed by atoms with van der Waals surface area (Å²) >= 11 is 0. The molecule has 0 bridgehead atoms. The van der Waals surface area contributed by atoms with Crippen molar-refractivity contribution in [2.45, 2.75) is 11.8 Å². The zero-order chi connectivity index (χ0) is 17.7. The average Bonchev–Trinajstić information content (AvgIpc) is 2.72. The number of nitrogens with zero attached hydrogens (tertiary/aromatic N) is 2. The Bertz CT molecular complexity index is 676. The van der Waals surface area contributed by atoms with Crippen molar-refractivity contribution in [1.29, 1.82) is 0 Å². The summed E-state index contributed by atoms with van der Waals surface area (Å²) in [5.74, 6) is -0.116. The summed E-state index contributed by atoms with van der Waals surface area (Å²) < 4.78 is 32.9. The van der Waals surface area contributed by atoms with Gasteiger partial charge in [0.15, 0.2) is 0 Å². The Morgan fingerprint density at radius 2 is 2.17 bits per heavy atom. The number of rotatable bonds is 5. The lowest BCUT2D eigenvalue weighted by Gasteiger charge is -2.25. The van der Waals surface area contributed by atoms with E-state index < -0.39 is 10.0 Å². The molecule has 1 fully saturated rings. The Morgan fingerprint density at radius 1 is 1.42 bits per heavy atom. The molecule has 1 aliphatic heterocycles. The lowest BCUT2D eigenvalue weighted by Crippen LogP contribution is -2.38. The van der Waals surface area contributed by atoms with Gasteiger partial charge in [-0.25, -0.2) is 8.42 Å². The van der Waals surface area contributed by atoms with Gasteiger partial charge < -0.3 is 15.0 Å². The van der Waals surface area contributed by atoms with Gasteiger partial charge in [-0.05, 0) is 32.3 Å². The highest BCUT2D eigenvalue weighted by molar-refractivity contribution is 7.89. The van der Waals surface area contributed by atoms with Crippen LogP contribution in [0.25, 0.3) is 0 Å². The second kappa shape index (κ2) is 8.06. The zero-order valence-electron chi connectivity index (χ0n) is 14.4. The molecule has 7 nitrogen and oxygen atoms in total. The van der Waals surface area contributed by atoms with Crippen LogP contribution in [0.15, 0.2) is 29.2 Å². The molecule has 1 heterocycles. The van der Waals surface area contributed by atoms with E-state index in [4.69, 9.17) is 4.74 Å². The summed E-state index contributed by atoms with van der Waals surface area (Å²) in [4.78, 5) is 13.4. The third-order valence-corrected chi connectivity index (χ3v) is 5.58. The average molecular weight is 355 g/mol. The first-order valence-corrected chi connectivity index (χ1v) is 9.33. The molecule has 1 saturated heterocycles. The summed E-state index contributed by atoms with van der Waals surface area (Å²) in [5, 5.41) is 2.61. The predicted molar refractivity (Wildman–Crippen MR) is 92.4 cm³/mol. The topological polar surface area (TPSA) is 79.0 Å². The molecule has 1 atom stereocenters. The molecule has 2 rings (SSSR count). The van der Waals surface area contributed by atoms with Crippen molar-refractivity contribution in [1.82, 2.24) is 9.21 Å². The fourth-order valence-corrected chi connectivity index (χ4v) is 4.33. The number of carbonyl (C=O) groups is 1. The van der Waals surface area contributed by atoms with Crippen LogP contribution in [0.3, 0.4) is 0 Å². The van der Waals surface area contributed by atoms with Crippen molar-refractivity contribution >= 4 is 21.6 Å². The fraction of sp³-hybridized carbons (Fsp3) is 0.562. The van der Waals surface area contributed by atoms with Crippen LogP contribution in [0, 0.1) is 5.92 Å². The smallest absolute Gasteiger partial charge is 0.243 e. The Hall–Kier alpha value is -1.48. The minimum absolute atomic E-state index is 0.121. The minimum Gasteiger partial charge on any atom is -0.380 e. The van der Waals surface area contributed by atoms with E-state index in [1.807, 2.05) is 19.0 Å². The maximum atomic E-state index is 13.0. The van der Waals surface area contributed by atoms with E-state index in [1.165, 1.54) is 17.3 Å². The first kappa shape index (κ1) is 18.9. The number of hydrogen-bond acceptors (Lipinski definition) is 5. The number of anilines is 1. The standard InChI is InChI=1S/C16H25N3O4S/c1-13(20)17-15-5-4-6-16(9-15)24(21,22)19-7-8-23-12-14(11-19)10-18(2)3/h4-6,9,14H,7-8,10-12H2,1-3H3,(H,17,20)/t14-/m1/s1. The second-order valence-electron chi connectivity index (χ2n) is 6.28. The summed E-state index contributed by atoms with van der Waals surface area (Å²) in [7, 11) is 0.289. The zero-order valence-corrected chi connectivity index (χ0v) is 15.2. The van der Waals surface area contributed by atoms with Crippen LogP contribution in [-0.2, 0) is 19.6 Å². The van der Waals surface area contributed by atoms with Gasteiger partial charge in [0.1, 0.15) is 0 Å². The van der Waals surface area contributed by atoms with Gasteiger partial charge in [-0.1, -0.05) is 6.07 Å². The van der Waals surface area contributed by atoms with E-state index in [0.717, 1.165) is 6.54 Å². The lowest BCUT2D eigenvalue weighted by atomic mass is 10.1. The number of ether oxygens (including phenoxy) is 1. The largest absolute Gasteiger partial charge is 0.380 e. The maximum Gasteiger partial charge on any atom is 0.243 e. The van der Waals surface area contributed by atoms with Crippen LogP contribution in [0.4, 0.5) is 5.69 Å². The number of nitrogens with one attached hydrogen (secondary N) is 1. The van der Waals surface area contributed by atoms with Gasteiger partial charge in [0.2, 0.25) is 15.9 Å². The fourth-order valence-electron chi connectivity index (χ4n) is 2.78. The third-order valence-electron chi connectivity index (χ3n) is 3.72. The number of benzene rings is 1. The SMILES string of the molecule is CC(=O)Nc1cccc(S(=O)(=O)N2CCOC[C@H](CN(C)C)C2)c1. The van der Waals surface area contributed by atoms with E-state index in [9.17, 15) is 13.2 Å². The number of sulfonamides is 1. The molecule has 0 spiro atoms. The first-order chi connectivity index (χ1) is 11.3. The molecule has 134 valence electrons. The summed E-state index contributed by atoms with van der Waals surface area (Å²) in [5.41, 5.74) is 0.472. The lowest BCUT2D eigenvalue weighted by molar-refractivity contribution is -0.114. The number of amides is 1. The molecule has 1 aromatic carbocycles. The van der Waals surface area contributed by atoms with Crippen LogP contribution in [-0.4, -0.2) is 70.5 Å². The van der Waals surface area contributed by atoms with Gasteiger partial charge in [-0.3, -0.25) is 4.79 Å². The van der Waals surface area contributed by atoms with Crippen molar-refractivity contribution < 1.29 is 17.9 Å². The molecule has 1 aromatic rings. The van der Waals surface area contributed by atoms with Gasteiger partial charge in [-0.15, -0.1) is 0 Å². The highest BCUT2D eigenvalue weighted by atomic mass is 32.2. The van der Waals surface area contributed by atoms with E-state index in [1.54, 1.807) is 18.2 Å². The molecule has 1 amide bonds. The summed E-state index contributed by atoms with van der Waals surface area (Å²) in [6.45, 7) is 3.84. The van der Waals surface area contributed by atoms with E-state index in [2.05, 4.69) is 5.32 Å². The van der Waals surface area contributed by atoms with Crippen LogP contribution in [0.1, 0.15) is 6.92 Å². The van der Waals surface area contributed by atoms with Crippen LogP contribution >= 0.6 is 0 Å². The molecule has 24 heavy (non-hydrogen) atoms. The Labute approximate surface area is 143 Å². The minimum atomic E-state index is -3.63. The Kier molecular flexibility index (Phi) is 6.34. The molecule has 1 N–H and O–H groups in total. The van der Waals surface area contributed by atoms with Crippen molar-refractivity contribution in [3.8, 4) is 0 Å². The van der Waals surface area contributed by atoms with E-state index >= 15 is 0 Å². The Balaban J connectivity index is 2.23. The van der Waals surface area contributed by atoms with Gasteiger partial charge in [0.05, 0.1) is 18.1 Å². The Morgan fingerprint density at radius 3 is 2.83 bits per heavy atom. The van der Waals surface area contributed by atoms with E-state index in [0.29, 0.717) is 32.0 Å². The molecular formula is C16H25N3O4S. The quantitative estimate of drug-likeness (QED) is 0.847. The first-order valence-electron chi connectivity index (χ1n) is 7.89. The van der Waals surface area contributed by atoms with Crippen molar-refractivity contribution in [2.75, 3.05) is 52.3 Å². The molecular weight excluding hydrogens is 330 g/mol. The molecule has 0 aromatic heterocycles. The predicted octanol–water partition coefficient (Wildman–Crippen LogP) is 0.844. The van der Waals surface area contributed by atoms with Crippen molar-refractivity contribution in [2.24, 2.45) is 5.92 Å². The van der Waals surface area contributed by atoms with Crippen LogP contribution in [0.5, 0.6) is 0 Å². The number of hydrogen-bond donors (Lipinski definition) is 1. The molecule has 0 aliphatic carbocycles. The second-order valence-corrected chi connectivity index (χ2v) is 8.21. The highest BCUT2D eigenvalue weighted by Crippen LogP contribution is 2.22. The molecule has 0 unspecified atom stereocenters. The summed E-state index contributed by atoms with van der Waals surface area (Å²) in [6.07, 6.45) is 0. The van der Waals surface area contributed by atoms with Gasteiger partial charge in [-0.2, -0.15) is 4.31 Å². The van der Waals surface area contributed by atoms with Crippen LogP contribution in [0.2, 0.25) is 0 Å². The number of carbonyl (C=O) groups excluding carboxylic acids is 1. The van der Waals surface area contributed by atoms with Gasteiger partial charge >= 0.3 is 0 Å². The van der Waals surface area contributed by atoms with Crippen LogP contribution < -0.4 is 5.32 Å². The maximum absolute atomic E-state index is 13.0. The molecule has 0 saturated carbocycles. The van der Waals surface area contributed by atoms with E-state index in [-0.39, 0.29) is 16.7 Å². The normalized spacial score (nSPS) is 19.9. The van der Waals surface area contributed by atoms with Gasteiger partial charge in [0.25, 0.3) is 0 Å².